The summed E-state index contributed by atoms with van der Waals surface area (Å²) in [7, 11) is 0. The summed E-state index contributed by atoms with van der Waals surface area (Å²) in [6, 6.07) is 5.62. The fourth-order valence-corrected chi connectivity index (χ4v) is 1.49. The second-order valence-corrected chi connectivity index (χ2v) is 4.12. The van der Waals surface area contributed by atoms with Crippen LogP contribution in [0.1, 0.15) is 18.4 Å². The predicted molar refractivity (Wildman–Crippen MR) is 51.7 cm³/mol. The fraction of sp³-hybridized carbons (Fsp3) is 0.333. The summed E-state index contributed by atoms with van der Waals surface area (Å²) in [5.74, 6) is 0. The lowest BCUT2D eigenvalue weighted by atomic mass is 10.1. The number of hydrogen-bond acceptors (Lipinski definition) is 2. The van der Waals surface area contributed by atoms with E-state index in [0.717, 1.165) is 22.9 Å². The van der Waals surface area contributed by atoms with Crippen LogP contribution >= 0.6 is 15.9 Å². The van der Waals surface area contributed by atoms with Gasteiger partial charge in [-0.3, -0.25) is 0 Å². The zero-order valence-corrected chi connectivity index (χ0v) is 8.13. The number of benzene rings is 1. The van der Waals surface area contributed by atoms with Gasteiger partial charge in [0.25, 0.3) is 0 Å². The lowest BCUT2D eigenvalue weighted by Crippen LogP contribution is -2.04. The Bertz CT molecular complexity index is 320. The van der Waals surface area contributed by atoms with Crippen molar-refractivity contribution in [1.82, 2.24) is 0 Å². The quantitative estimate of drug-likeness (QED) is 0.722. The Kier molecular flexibility index (Phi) is 1.66. The van der Waals surface area contributed by atoms with E-state index in [1.807, 2.05) is 18.2 Å². The zero-order valence-electron chi connectivity index (χ0n) is 6.55. The number of hydrogen-bond donors (Lipinski definition) is 2. The molecule has 0 spiro atoms. The highest BCUT2D eigenvalue weighted by Crippen LogP contribution is 2.46. The summed E-state index contributed by atoms with van der Waals surface area (Å²) < 4.78 is 0.885. The second-order valence-electron chi connectivity index (χ2n) is 3.27. The molecular weight excluding hydrogens is 218 g/mol. The van der Waals surface area contributed by atoms with Crippen LogP contribution in [-0.4, -0.2) is 5.11 Å². The van der Waals surface area contributed by atoms with Crippen LogP contribution in [0.3, 0.4) is 0 Å². The van der Waals surface area contributed by atoms with E-state index in [-0.39, 0.29) is 0 Å². The van der Waals surface area contributed by atoms with Crippen molar-refractivity contribution in [2.75, 3.05) is 5.73 Å². The van der Waals surface area contributed by atoms with Crippen molar-refractivity contribution in [2.24, 2.45) is 0 Å². The first kappa shape index (κ1) is 8.08. The van der Waals surface area contributed by atoms with E-state index in [9.17, 15) is 5.11 Å². The predicted octanol–water partition coefficient (Wildman–Crippen LogP) is 2.01. The van der Waals surface area contributed by atoms with Crippen LogP contribution in [0.4, 0.5) is 5.69 Å². The minimum atomic E-state index is -0.575. The van der Waals surface area contributed by atoms with Crippen LogP contribution in [0.5, 0.6) is 0 Å². The minimum absolute atomic E-state index is 0.575. The molecule has 0 bridgehead atoms. The minimum Gasteiger partial charge on any atom is -0.398 e. The van der Waals surface area contributed by atoms with Crippen molar-refractivity contribution in [3.8, 4) is 0 Å². The van der Waals surface area contributed by atoms with Crippen molar-refractivity contribution >= 4 is 21.6 Å². The normalized spacial score (nSPS) is 19.2. The molecule has 0 saturated heterocycles. The molecule has 0 atom stereocenters. The van der Waals surface area contributed by atoms with Crippen LogP contribution in [0.2, 0.25) is 0 Å². The molecule has 3 N–H and O–H groups in total. The first-order valence-corrected chi connectivity index (χ1v) is 4.69. The van der Waals surface area contributed by atoms with Crippen molar-refractivity contribution in [2.45, 2.75) is 18.4 Å². The summed E-state index contributed by atoms with van der Waals surface area (Å²) in [6.07, 6.45) is 1.71. The highest BCUT2D eigenvalue weighted by atomic mass is 79.9. The Balaban J connectivity index is 2.41. The summed E-state index contributed by atoms with van der Waals surface area (Å²) in [5, 5.41) is 9.74. The van der Waals surface area contributed by atoms with Gasteiger partial charge in [-0.25, -0.2) is 0 Å². The third-order valence-electron chi connectivity index (χ3n) is 2.26. The molecule has 2 nitrogen and oxygen atoms in total. The van der Waals surface area contributed by atoms with Gasteiger partial charge in [-0.15, -0.1) is 0 Å². The van der Waals surface area contributed by atoms with Gasteiger partial charge in [-0.1, -0.05) is 6.07 Å². The molecule has 64 valence electrons. The molecule has 1 aliphatic rings. The van der Waals surface area contributed by atoms with Crippen molar-refractivity contribution in [3.63, 3.8) is 0 Å². The number of nitrogen functional groups attached to an aromatic ring is 1. The van der Waals surface area contributed by atoms with Crippen LogP contribution in [0, 0.1) is 0 Å². The maximum absolute atomic E-state index is 9.74. The standard InChI is InChI=1S/C9H10BrNO/c10-7-2-1-6(5-8(7)11)9(12)3-4-9/h1-2,5,12H,3-4,11H2. The molecule has 2 rings (SSSR count). The molecule has 0 radical (unpaired) electrons. The molecule has 1 aliphatic carbocycles. The number of rotatable bonds is 1. The highest BCUT2D eigenvalue weighted by molar-refractivity contribution is 9.10. The van der Waals surface area contributed by atoms with Gasteiger partial charge < -0.3 is 10.8 Å². The molecular formula is C9H10BrNO. The molecule has 0 heterocycles. The Morgan fingerprint density at radius 3 is 2.58 bits per heavy atom. The Morgan fingerprint density at radius 1 is 1.42 bits per heavy atom. The maximum atomic E-state index is 9.74. The van der Waals surface area contributed by atoms with Gasteiger partial charge in [0.05, 0.1) is 5.60 Å². The first-order chi connectivity index (χ1) is 5.62. The molecule has 1 fully saturated rings. The van der Waals surface area contributed by atoms with Crippen molar-refractivity contribution < 1.29 is 5.11 Å². The molecule has 0 aromatic heterocycles. The summed E-state index contributed by atoms with van der Waals surface area (Å²) in [5.41, 5.74) is 6.73. The average molecular weight is 228 g/mol. The number of nitrogens with two attached hydrogens (primary N) is 1. The van der Waals surface area contributed by atoms with Gasteiger partial charge in [0.2, 0.25) is 0 Å². The molecule has 0 aliphatic heterocycles. The van der Waals surface area contributed by atoms with Gasteiger partial charge in [-0.2, -0.15) is 0 Å². The van der Waals surface area contributed by atoms with Crippen molar-refractivity contribution in [1.29, 1.82) is 0 Å². The van der Waals surface area contributed by atoms with E-state index >= 15 is 0 Å². The van der Waals surface area contributed by atoms with E-state index in [2.05, 4.69) is 15.9 Å². The maximum Gasteiger partial charge on any atom is 0.0899 e. The fourth-order valence-electron chi connectivity index (χ4n) is 1.24. The second kappa shape index (κ2) is 2.47. The molecule has 1 saturated carbocycles. The summed E-state index contributed by atoms with van der Waals surface area (Å²) >= 11 is 3.31. The third kappa shape index (κ3) is 1.23. The lowest BCUT2D eigenvalue weighted by molar-refractivity contribution is 0.151. The Morgan fingerprint density at radius 2 is 2.08 bits per heavy atom. The van der Waals surface area contributed by atoms with Crippen LogP contribution < -0.4 is 5.73 Å². The van der Waals surface area contributed by atoms with Crippen LogP contribution in [-0.2, 0) is 5.60 Å². The molecule has 1 aromatic rings. The highest BCUT2D eigenvalue weighted by Gasteiger charge is 2.42. The lowest BCUT2D eigenvalue weighted by Gasteiger charge is -2.08. The number of aliphatic hydroxyl groups is 1. The number of anilines is 1. The summed E-state index contributed by atoms with van der Waals surface area (Å²) in [6.45, 7) is 0. The Labute approximate surface area is 79.5 Å². The zero-order chi connectivity index (χ0) is 8.77. The van der Waals surface area contributed by atoms with E-state index in [1.165, 1.54) is 0 Å². The molecule has 3 heteroatoms. The number of halogens is 1. The summed E-state index contributed by atoms with van der Waals surface area (Å²) in [4.78, 5) is 0. The third-order valence-corrected chi connectivity index (χ3v) is 2.98. The van der Waals surface area contributed by atoms with Gasteiger partial charge in [0, 0.05) is 10.2 Å². The SMILES string of the molecule is Nc1cc(C2(O)CC2)ccc1Br. The first-order valence-electron chi connectivity index (χ1n) is 3.90. The monoisotopic (exact) mass is 227 g/mol. The van der Waals surface area contributed by atoms with E-state index in [1.54, 1.807) is 0 Å². The van der Waals surface area contributed by atoms with Crippen LogP contribution in [0.15, 0.2) is 22.7 Å². The van der Waals surface area contributed by atoms with Gasteiger partial charge in [0.1, 0.15) is 0 Å². The average Bonchev–Trinajstić information content (AvgIpc) is 2.75. The molecule has 1 aromatic carbocycles. The Hall–Kier alpha value is -0.540. The smallest absolute Gasteiger partial charge is 0.0899 e. The van der Waals surface area contributed by atoms with E-state index < -0.39 is 5.60 Å². The van der Waals surface area contributed by atoms with E-state index in [0.29, 0.717) is 5.69 Å². The van der Waals surface area contributed by atoms with Crippen LogP contribution in [0.25, 0.3) is 0 Å². The van der Waals surface area contributed by atoms with Gasteiger partial charge in [0.15, 0.2) is 0 Å². The topological polar surface area (TPSA) is 46.2 Å². The van der Waals surface area contributed by atoms with Gasteiger partial charge in [-0.05, 0) is 46.5 Å². The molecule has 0 amide bonds. The largest absolute Gasteiger partial charge is 0.398 e. The van der Waals surface area contributed by atoms with E-state index in [4.69, 9.17) is 5.73 Å². The van der Waals surface area contributed by atoms with Gasteiger partial charge >= 0.3 is 0 Å². The molecule has 0 unspecified atom stereocenters. The molecule has 12 heavy (non-hydrogen) atoms. The van der Waals surface area contributed by atoms with Crippen molar-refractivity contribution in [3.05, 3.63) is 28.2 Å².